The van der Waals surface area contributed by atoms with Crippen molar-refractivity contribution in [3.8, 4) is 0 Å². The van der Waals surface area contributed by atoms with Crippen LogP contribution in [0, 0.1) is 5.92 Å². The van der Waals surface area contributed by atoms with E-state index in [4.69, 9.17) is 0 Å². The van der Waals surface area contributed by atoms with Gasteiger partial charge in [0, 0.05) is 44.3 Å². The lowest BCUT2D eigenvalue weighted by atomic mass is 10.0. The van der Waals surface area contributed by atoms with Crippen molar-refractivity contribution < 1.29 is 13.2 Å². The summed E-state index contributed by atoms with van der Waals surface area (Å²) in [6, 6.07) is -0.204. The summed E-state index contributed by atoms with van der Waals surface area (Å²) in [6.45, 7) is 4.09. The zero-order valence-corrected chi connectivity index (χ0v) is 14.9. The van der Waals surface area contributed by atoms with Crippen molar-refractivity contribution in [2.45, 2.75) is 19.5 Å². The maximum atomic E-state index is 12.4. The van der Waals surface area contributed by atoms with E-state index < -0.39 is 10.0 Å². The molecule has 0 radical (unpaired) electrons. The third-order valence-electron chi connectivity index (χ3n) is 4.01. The van der Waals surface area contributed by atoms with E-state index in [1.54, 1.807) is 10.9 Å². The van der Waals surface area contributed by atoms with Crippen LogP contribution < -0.4 is 5.32 Å². The van der Waals surface area contributed by atoms with Crippen LogP contribution in [-0.4, -0.2) is 79.3 Å². The molecule has 1 N–H and O–H groups in total. The second kappa shape index (κ2) is 6.98. The van der Waals surface area contributed by atoms with Gasteiger partial charge in [-0.15, -0.1) is 0 Å². The summed E-state index contributed by atoms with van der Waals surface area (Å²) in [5.41, 5.74) is 0.494. The lowest BCUT2D eigenvalue weighted by Crippen LogP contribution is -2.43. The van der Waals surface area contributed by atoms with Crippen LogP contribution in [0.2, 0.25) is 0 Å². The molecule has 0 saturated carbocycles. The molecule has 1 aromatic heterocycles. The summed E-state index contributed by atoms with van der Waals surface area (Å²) in [6.07, 6.45) is 4.43. The van der Waals surface area contributed by atoms with Crippen molar-refractivity contribution in [1.82, 2.24) is 24.3 Å². The molecular formula is C14H25N5O3S. The summed E-state index contributed by atoms with van der Waals surface area (Å²) >= 11 is 0. The maximum absolute atomic E-state index is 12.4. The van der Waals surface area contributed by atoms with Crippen LogP contribution in [0.1, 0.15) is 17.3 Å². The smallest absolute Gasteiger partial charge is 0.254 e. The molecule has 8 nitrogen and oxygen atoms in total. The summed E-state index contributed by atoms with van der Waals surface area (Å²) in [5.74, 6) is -0.154. The number of hydrogen-bond acceptors (Lipinski definition) is 5. The van der Waals surface area contributed by atoms with Crippen molar-refractivity contribution in [2.24, 2.45) is 5.92 Å². The van der Waals surface area contributed by atoms with Gasteiger partial charge in [0.05, 0.1) is 18.0 Å². The molecule has 0 aromatic carbocycles. The fraction of sp³-hybridized carbons (Fsp3) is 0.714. The second-order valence-corrected chi connectivity index (χ2v) is 8.25. The van der Waals surface area contributed by atoms with Gasteiger partial charge in [-0.1, -0.05) is 0 Å². The molecule has 2 rings (SSSR count). The number of amides is 1. The molecule has 0 unspecified atom stereocenters. The van der Waals surface area contributed by atoms with Crippen molar-refractivity contribution in [3.05, 3.63) is 18.0 Å². The SMILES string of the molecule is CCn1cc(C(=O)N[C@@H]2CN(S(C)(=O)=O)C[C@H]2CN(C)C)cn1. The topological polar surface area (TPSA) is 87.5 Å². The number of hydrogen-bond donors (Lipinski definition) is 1. The highest BCUT2D eigenvalue weighted by atomic mass is 32.2. The first-order chi connectivity index (χ1) is 10.7. The summed E-state index contributed by atoms with van der Waals surface area (Å²) in [5, 5.41) is 7.06. The average molecular weight is 343 g/mol. The van der Waals surface area contributed by atoms with Crippen LogP contribution in [0.5, 0.6) is 0 Å². The number of nitrogens with zero attached hydrogens (tertiary/aromatic N) is 4. The highest BCUT2D eigenvalue weighted by Gasteiger charge is 2.38. The monoisotopic (exact) mass is 343 g/mol. The highest BCUT2D eigenvalue weighted by molar-refractivity contribution is 7.88. The number of nitrogens with one attached hydrogen (secondary N) is 1. The van der Waals surface area contributed by atoms with E-state index in [1.165, 1.54) is 16.8 Å². The Morgan fingerprint density at radius 3 is 2.65 bits per heavy atom. The minimum Gasteiger partial charge on any atom is -0.347 e. The maximum Gasteiger partial charge on any atom is 0.254 e. The molecule has 2 atom stereocenters. The van der Waals surface area contributed by atoms with E-state index in [0.717, 1.165) is 0 Å². The first kappa shape index (κ1) is 17.9. The number of aryl methyl sites for hydroxylation is 1. The van der Waals surface area contributed by atoms with Crippen LogP contribution in [0.3, 0.4) is 0 Å². The summed E-state index contributed by atoms with van der Waals surface area (Å²) in [4.78, 5) is 14.4. The van der Waals surface area contributed by atoms with Crippen LogP contribution in [-0.2, 0) is 16.6 Å². The van der Waals surface area contributed by atoms with Gasteiger partial charge in [0.25, 0.3) is 5.91 Å². The molecule has 0 aliphatic carbocycles. The molecule has 1 aliphatic heterocycles. The minimum absolute atomic E-state index is 0.0601. The lowest BCUT2D eigenvalue weighted by Gasteiger charge is -2.22. The van der Waals surface area contributed by atoms with E-state index in [0.29, 0.717) is 31.7 Å². The van der Waals surface area contributed by atoms with Crippen LogP contribution in [0.4, 0.5) is 0 Å². The van der Waals surface area contributed by atoms with E-state index >= 15 is 0 Å². The van der Waals surface area contributed by atoms with Crippen molar-refractivity contribution >= 4 is 15.9 Å². The van der Waals surface area contributed by atoms with Gasteiger partial charge in [-0.05, 0) is 21.0 Å². The molecule has 0 bridgehead atoms. The fourth-order valence-electron chi connectivity index (χ4n) is 2.83. The largest absolute Gasteiger partial charge is 0.347 e. The van der Waals surface area contributed by atoms with Crippen LogP contribution in [0.15, 0.2) is 12.4 Å². The third-order valence-corrected chi connectivity index (χ3v) is 5.25. The molecule has 1 aromatic rings. The zero-order valence-electron chi connectivity index (χ0n) is 14.1. The van der Waals surface area contributed by atoms with E-state index in [-0.39, 0.29) is 17.9 Å². The number of carbonyl (C=O) groups is 1. The molecule has 23 heavy (non-hydrogen) atoms. The molecule has 1 fully saturated rings. The Bertz CT molecular complexity index is 655. The highest BCUT2D eigenvalue weighted by Crippen LogP contribution is 2.20. The third kappa shape index (κ3) is 4.52. The predicted molar refractivity (Wildman–Crippen MR) is 87.6 cm³/mol. The fourth-order valence-corrected chi connectivity index (χ4v) is 3.72. The van der Waals surface area contributed by atoms with Gasteiger partial charge in [0.2, 0.25) is 10.0 Å². The first-order valence-electron chi connectivity index (χ1n) is 7.64. The average Bonchev–Trinajstić information content (AvgIpc) is 3.05. The Kier molecular flexibility index (Phi) is 5.43. The second-order valence-electron chi connectivity index (χ2n) is 6.27. The van der Waals surface area contributed by atoms with Crippen LogP contribution >= 0.6 is 0 Å². The van der Waals surface area contributed by atoms with E-state index in [1.807, 2.05) is 25.9 Å². The summed E-state index contributed by atoms with van der Waals surface area (Å²) in [7, 11) is 0.618. The zero-order chi connectivity index (χ0) is 17.2. The Labute approximate surface area is 137 Å². The normalized spacial score (nSPS) is 22.7. The lowest BCUT2D eigenvalue weighted by molar-refractivity contribution is 0.0927. The van der Waals surface area contributed by atoms with E-state index in [9.17, 15) is 13.2 Å². The van der Waals surface area contributed by atoms with Crippen molar-refractivity contribution in [3.63, 3.8) is 0 Å². The van der Waals surface area contributed by atoms with E-state index in [2.05, 4.69) is 10.4 Å². The van der Waals surface area contributed by atoms with Crippen molar-refractivity contribution in [2.75, 3.05) is 40.0 Å². The van der Waals surface area contributed by atoms with Gasteiger partial charge in [0.1, 0.15) is 0 Å². The number of carbonyl (C=O) groups excluding carboxylic acids is 1. The standard InChI is InChI=1S/C14H25N5O3S/c1-5-18-8-11(6-15-18)14(20)16-13-10-19(23(4,21)22)9-12(13)7-17(2)3/h6,8,12-13H,5,7,9-10H2,1-4H3,(H,16,20)/t12-,13-/m1/s1. The quantitative estimate of drug-likeness (QED) is 0.749. The summed E-state index contributed by atoms with van der Waals surface area (Å²) < 4.78 is 26.7. The Morgan fingerprint density at radius 1 is 1.43 bits per heavy atom. The Hall–Kier alpha value is -1.45. The van der Waals surface area contributed by atoms with Gasteiger partial charge in [0.15, 0.2) is 0 Å². The molecule has 130 valence electrons. The number of aromatic nitrogens is 2. The molecule has 1 saturated heterocycles. The van der Waals surface area contributed by atoms with Crippen LogP contribution in [0.25, 0.3) is 0 Å². The number of sulfonamides is 1. The molecule has 0 spiro atoms. The predicted octanol–water partition coefficient (Wildman–Crippen LogP) is -0.546. The molecule has 2 heterocycles. The van der Waals surface area contributed by atoms with Gasteiger partial charge >= 0.3 is 0 Å². The van der Waals surface area contributed by atoms with Gasteiger partial charge in [-0.3, -0.25) is 9.48 Å². The first-order valence-corrected chi connectivity index (χ1v) is 9.48. The Morgan fingerprint density at radius 2 is 2.13 bits per heavy atom. The Balaban J connectivity index is 2.09. The van der Waals surface area contributed by atoms with Gasteiger partial charge < -0.3 is 10.2 Å². The van der Waals surface area contributed by atoms with Gasteiger partial charge in [-0.2, -0.15) is 9.40 Å². The molecule has 1 amide bonds. The minimum atomic E-state index is -3.26. The molecule has 9 heteroatoms. The molecular weight excluding hydrogens is 318 g/mol. The van der Waals surface area contributed by atoms with Crippen molar-refractivity contribution in [1.29, 1.82) is 0 Å². The molecule has 1 aliphatic rings. The van der Waals surface area contributed by atoms with Gasteiger partial charge in [-0.25, -0.2) is 8.42 Å². The number of rotatable bonds is 6.